The summed E-state index contributed by atoms with van der Waals surface area (Å²) in [5, 5.41) is 7.91. The quantitative estimate of drug-likeness (QED) is 0.749. The maximum absolute atomic E-state index is 4.72. The van der Waals surface area contributed by atoms with Crippen molar-refractivity contribution in [1.82, 2.24) is 19.6 Å². The van der Waals surface area contributed by atoms with Crippen LogP contribution in [0.2, 0.25) is 0 Å². The smallest absolute Gasteiger partial charge is 0.153 e. The third kappa shape index (κ3) is 3.08. The minimum atomic E-state index is 0.520. The highest BCUT2D eigenvalue weighted by molar-refractivity contribution is 5.45. The lowest BCUT2D eigenvalue weighted by atomic mass is 9.92. The minimum Gasteiger partial charge on any atom is -0.363 e. The summed E-state index contributed by atoms with van der Waals surface area (Å²) in [6.07, 6.45) is 11.8. The number of rotatable bonds is 4. The predicted molar refractivity (Wildman–Crippen MR) is 90.3 cm³/mol. The van der Waals surface area contributed by atoms with Crippen LogP contribution < -0.4 is 5.32 Å². The first-order chi connectivity index (χ1) is 11.4. The Morgan fingerprint density at radius 3 is 3.00 bits per heavy atom. The number of pyridine rings is 1. The van der Waals surface area contributed by atoms with Crippen molar-refractivity contribution in [3.63, 3.8) is 0 Å². The molecular formula is C18H19N5. The molecule has 0 radical (unpaired) electrons. The van der Waals surface area contributed by atoms with E-state index in [1.54, 1.807) is 6.20 Å². The van der Waals surface area contributed by atoms with Gasteiger partial charge in [-0.3, -0.25) is 4.98 Å². The molecule has 3 aromatic rings. The molecule has 0 saturated carbocycles. The van der Waals surface area contributed by atoms with Gasteiger partial charge in [0.05, 0.1) is 24.1 Å². The highest BCUT2D eigenvalue weighted by Gasteiger charge is 2.16. The van der Waals surface area contributed by atoms with Crippen molar-refractivity contribution in [3.8, 4) is 0 Å². The fraction of sp³-hybridized carbons (Fsp3) is 0.278. The Hall–Kier alpha value is -2.69. The molecule has 1 atom stereocenters. The summed E-state index contributed by atoms with van der Waals surface area (Å²) in [6.45, 7) is 0.661. The summed E-state index contributed by atoms with van der Waals surface area (Å²) < 4.78 is 1.87. The van der Waals surface area contributed by atoms with Crippen LogP contribution in [0.25, 0.3) is 5.65 Å². The van der Waals surface area contributed by atoms with E-state index in [1.165, 1.54) is 6.42 Å². The molecule has 1 N–H and O–H groups in total. The van der Waals surface area contributed by atoms with Gasteiger partial charge in [0, 0.05) is 12.1 Å². The van der Waals surface area contributed by atoms with Gasteiger partial charge in [-0.15, -0.1) is 5.10 Å². The number of nitrogens with one attached hydrogen (secondary N) is 1. The van der Waals surface area contributed by atoms with Crippen molar-refractivity contribution in [2.75, 3.05) is 5.32 Å². The van der Waals surface area contributed by atoms with Crippen LogP contribution in [0.15, 0.2) is 54.9 Å². The Kier molecular flexibility index (Phi) is 3.76. The van der Waals surface area contributed by atoms with Crippen molar-refractivity contribution >= 4 is 11.5 Å². The summed E-state index contributed by atoms with van der Waals surface area (Å²) in [7, 11) is 0. The second-order valence-electron chi connectivity index (χ2n) is 5.84. The maximum Gasteiger partial charge on any atom is 0.153 e. The van der Waals surface area contributed by atoms with Crippen molar-refractivity contribution < 1.29 is 0 Å². The molecule has 0 saturated heterocycles. The maximum atomic E-state index is 4.72. The summed E-state index contributed by atoms with van der Waals surface area (Å²) >= 11 is 0. The third-order valence-corrected chi connectivity index (χ3v) is 4.20. The standard InChI is InChI=1S/C18H19N5/c1-2-6-14(7-3-1)16-13-23-18(21-16)10-9-17(22-23)20-12-15-8-4-5-11-19-15/h1-2,4-5,8-11,13-14H,3,6-7,12H2,(H,20,22). The van der Waals surface area contributed by atoms with Crippen molar-refractivity contribution in [3.05, 3.63) is 66.3 Å². The van der Waals surface area contributed by atoms with Crippen LogP contribution in [0.3, 0.4) is 0 Å². The highest BCUT2D eigenvalue weighted by Crippen LogP contribution is 2.28. The normalized spacial score (nSPS) is 17.5. The number of hydrogen-bond donors (Lipinski definition) is 1. The second-order valence-corrected chi connectivity index (χ2v) is 5.84. The van der Waals surface area contributed by atoms with Gasteiger partial charge in [0.25, 0.3) is 0 Å². The summed E-state index contributed by atoms with van der Waals surface area (Å²) in [6, 6.07) is 9.88. The first kappa shape index (κ1) is 13.9. The van der Waals surface area contributed by atoms with E-state index in [-0.39, 0.29) is 0 Å². The molecule has 4 rings (SSSR count). The molecule has 0 bridgehead atoms. The first-order valence-electron chi connectivity index (χ1n) is 8.03. The molecule has 1 unspecified atom stereocenters. The molecular weight excluding hydrogens is 286 g/mol. The van der Waals surface area contributed by atoms with E-state index in [2.05, 4.69) is 33.7 Å². The van der Waals surface area contributed by atoms with Crippen LogP contribution in [0, 0.1) is 0 Å². The Balaban J connectivity index is 1.52. The van der Waals surface area contributed by atoms with Gasteiger partial charge in [0.15, 0.2) is 5.65 Å². The monoisotopic (exact) mass is 305 g/mol. The summed E-state index contributed by atoms with van der Waals surface area (Å²) in [5.74, 6) is 1.35. The zero-order valence-electron chi connectivity index (χ0n) is 12.9. The second kappa shape index (κ2) is 6.20. The number of imidazole rings is 1. The average molecular weight is 305 g/mol. The Bertz CT molecular complexity index is 822. The van der Waals surface area contributed by atoms with E-state index in [0.717, 1.165) is 35.7 Å². The third-order valence-electron chi connectivity index (χ3n) is 4.20. The van der Waals surface area contributed by atoms with Crippen LogP contribution in [0.1, 0.15) is 36.6 Å². The molecule has 1 aliphatic carbocycles. The number of fused-ring (bicyclic) bond motifs is 1. The van der Waals surface area contributed by atoms with E-state index in [0.29, 0.717) is 12.5 Å². The van der Waals surface area contributed by atoms with Crippen LogP contribution in [-0.4, -0.2) is 19.6 Å². The molecule has 1 aliphatic rings. The SMILES string of the molecule is C1=CCC(c2cn3nc(NCc4ccccn4)ccc3n2)CC1. The van der Waals surface area contributed by atoms with E-state index >= 15 is 0 Å². The molecule has 3 aromatic heterocycles. The van der Waals surface area contributed by atoms with Gasteiger partial charge in [-0.25, -0.2) is 9.50 Å². The average Bonchev–Trinajstić information content (AvgIpc) is 3.05. The van der Waals surface area contributed by atoms with Gasteiger partial charge in [-0.05, 0) is 43.5 Å². The van der Waals surface area contributed by atoms with Gasteiger partial charge in [0.2, 0.25) is 0 Å². The predicted octanol–water partition coefficient (Wildman–Crippen LogP) is 3.56. The highest BCUT2D eigenvalue weighted by atomic mass is 15.3. The molecule has 116 valence electrons. The van der Waals surface area contributed by atoms with E-state index in [1.807, 2.05) is 34.8 Å². The lowest BCUT2D eigenvalue weighted by Gasteiger charge is -2.14. The van der Waals surface area contributed by atoms with Gasteiger partial charge in [-0.2, -0.15) is 0 Å². The Morgan fingerprint density at radius 2 is 2.17 bits per heavy atom. The van der Waals surface area contributed by atoms with Crippen LogP contribution in [0.5, 0.6) is 0 Å². The van der Waals surface area contributed by atoms with Gasteiger partial charge >= 0.3 is 0 Å². The molecule has 3 heterocycles. The lowest BCUT2D eigenvalue weighted by molar-refractivity contribution is 0.604. The van der Waals surface area contributed by atoms with Gasteiger partial charge < -0.3 is 5.32 Å². The number of nitrogens with zero attached hydrogens (tertiary/aromatic N) is 4. The molecule has 5 nitrogen and oxygen atoms in total. The lowest BCUT2D eigenvalue weighted by Crippen LogP contribution is -2.04. The zero-order valence-corrected chi connectivity index (χ0v) is 12.9. The van der Waals surface area contributed by atoms with E-state index < -0.39 is 0 Å². The molecule has 0 fully saturated rings. The molecule has 0 amide bonds. The first-order valence-corrected chi connectivity index (χ1v) is 8.03. The van der Waals surface area contributed by atoms with Crippen molar-refractivity contribution in [2.24, 2.45) is 0 Å². The molecule has 0 aliphatic heterocycles. The number of hydrogen-bond acceptors (Lipinski definition) is 4. The van der Waals surface area contributed by atoms with Crippen LogP contribution in [0.4, 0.5) is 5.82 Å². The molecule has 23 heavy (non-hydrogen) atoms. The van der Waals surface area contributed by atoms with E-state index in [4.69, 9.17) is 4.98 Å². The van der Waals surface area contributed by atoms with Gasteiger partial charge in [0.1, 0.15) is 5.82 Å². The zero-order chi connectivity index (χ0) is 15.5. The largest absolute Gasteiger partial charge is 0.363 e. The number of anilines is 1. The van der Waals surface area contributed by atoms with Crippen LogP contribution >= 0.6 is 0 Å². The fourth-order valence-electron chi connectivity index (χ4n) is 2.94. The fourth-order valence-corrected chi connectivity index (χ4v) is 2.94. The summed E-state index contributed by atoms with van der Waals surface area (Å²) in [4.78, 5) is 9.03. The van der Waals surface area contributed by atoms with Crippen LogP contribution in [-0.2, 0) is 6.54 Å². The summed E-state index contributed by atoms with van der Waals surface area (Å²) in [5.41, 5.74) is 3.04. The van der Waals surface area contributed by atoms with Crippen molar-refractivity contribution in [1.29, 1.82) is 0 Å². The molecule has 0 spiro atoms. The van der Waals surface area contributed by atoms with Crippen molar-refractivity contribution in [2.45, 2.75) is 31.7 Å². The molecule has 5 heteroatoms. The Morgan fingerprint density at radius 1 is 1.17 bits per heavy atom. The number of allylic oxidation sites excluding steroid dienone is 2. The Labute approximate surface area is 135 Å². The number of aromatic nitrogens is 4. The molecule has 0 aromatic carbocycles. The van der Waals surface area contributed by atoms with Gasteiger partial charge in [-0.1, -0.05) is 18.2 Å². The minimum absolute atomic E-state index is 0.520. The van der Waals surface area contributed by atoms with E-state index in [9.17, 15) is 0 Å². The topological polar surface area (TPSA) is 55.1 Å².